The van der Waals surface area contributed by atoms with Gasteiger partial charge in [-0.25, -0.2) is 22.3 Å². The van der Waals surface area contributed by atoms with E-state index in [2.05, 4.69) is 10.3 Å². The minimum absolute atomic E-state index is 0.0512. The summed E-state index contributed by atoms with van der Waals surface area (Å²) in [5.41, 5.74) is 1.55. The lowest BCUT2D eigenvalue weighted by Gasteiger charge is -2.22. The van der Waals surface area contributed by atoms with Crippen LogP contribution in [0.3, 0.4) is 0 Å². The zero-order valence-corrected chi connectivity index (χ0v) is 21.0. The number of esters is 1. The minimum Gasteiger partial charge on any atom is -0.458 e. The zero-order valence-electron chi connectivity index (χ0n) is 20.2. The molecule has 0 N–H and O–H groups in total. The monoisotopic (exact) mass is 527 g/mol. The van der Waals surface area contributed by atoms with Crippen LogP contribution in [0.5, 0.6) is 0 Å². The summed E-state index contributed by atoms with van der Waals surface area (Å²) in [6.07, 6.45) is 1.62. The van der Waals surface area contributed by atoms with Gasteiger partial charge in [-0.05, 0) is 25.2 Å². The van der Waals surface area contributed by atoms with E-state index in [0.717, 1.165) is 5.39 Å². The highest BCUT2D eigenvalue weighted by molar-refractivity contribution is 7.89. The van der Waals surface area contributed by atoms with Gasteiger partial charge in [0.25, 0.3) is 0 Å². The topological polar surface area (TPSA) is 111 Å². The Bertz CT molecular complexity index is 1490. The second-order valence-corrected chi connectivity index (χ2v) is 11.0. The summed E-state index contributed by atoms with van der Waals surface area (Å²) < 4.78 is 53.2. The van der Waals surface area contributed by atoms with Crippen LogP contribution < -0.4 is 0 Å². The summed E-state index contributed by atoms with van der Waals surface area (Å²) in [5.74, 6) is -0.828. The maximum absolute atomic E-state index is 13.9. The van der Waals surface area contributed by atoms with Crippen LogP contribution in [0.1, 0.15) is 21.8 Å². The number of sulfonamides is 1. The van der Waals surface area contributed by atoms with Crippen LogP contribution in [-0.2, 0) is 27.8 Å². The molecule has 1 aliphatic heterocycles. The number of halogens is 1. The van der Waals surface area contributed by atoms with Gasteiger partial charge in [0.1, 0.15) is 18.0 Å². The molecule has 0 amide bonds. The van der Waals surface area contributed by atoms with Gasteiger partial charge in [0.05, 0.1) is 30.7 Å². The number of fused-ring (bicyclic) bond motifs is 1. The van der Waals surface area contributed by atoms with E-state index in [4.69, 9.17) is 9.15 Å². The molecule has 10 nitrogen and oxygen atoms in total. The van der Waals surface area contributed by atoms with Crippen molar-refractivity contribution in [3.63, 3.8) is 0 Å². The molecule has 1 saturated heterocycles. The number of ether oxygens (including phenoxy) is 1. The Morgan fingerprint density at radius 2 is 1.97 bits per heavy atom. The van der Waals surface area contributed by atoms with Crippen molar-refractivity contribution in [2.45, 2.75) is 19.1 Å². The average molecular weight is 528 g/mol. The SMILES string of the molecule is CN(CCOC(=O)c1cc2ccccc2o1)C1CN(Cc2cn(Cc3ccccc3F)nn2)S(=O)(=O)C1. The van der Waals surface area contributed by atoms with E-state index in [1.54, 1.807) is 43.6 Å². The van der Waals surface area contributed by atoms with Crippen molar-refractivity contribution in [3.8, 4) is 0 Å². The normalized spacial score (nSPS) is 17.5. The van der Waals surface area contributed by atoms with Crippen LogP contribution in [0.15, 0.2) is 65.2 Å². The number of rotatable bonds is 9. The predicted octanol–water partition coefficient (Wildman–Crippen LogP) is 2.51. The number of para-hydroxylation sites is 1. The van der Waals surface area contributed by atoms with E-state index in [1.165, 1.54) is 15.1 Å². The Morgan fingerprint density at radius 1 is 1.19 bits per heavy atom. The third-order valence-corrected chi connectivity index (χ3v) is 8.22. The van der Waals surface area contributed by atoms with Gasteiger partial charge in [0, 0.05) is 30.1 Å². The second kappa shape index (κ2) is 10.4. The van der Waals surface area contributed by atoms with E-state index in [-0.39, 0.29) is 49.6 Å². The molecule has 4 aromatic rings. The van der Waals surface area contributed by atoms with Crippen molar-refractivity contribution >= 4 is 27.0 Å². The zero-order chi connectivity index (χ0) is 26.0. The first-order chi connectivity index (χ1) is 17.8. The molecule has 37 heavy (non-hydrogen) atoms. The average Bonchev–Trinajstić information content (AvgIpc) is 3.58. The standard InChI is InChI=1S/C25H26FN5O5S/c1-29(10-11-35-25(32)24-12-18-6-3-5-9-23(18)36-24)21-16-31(37(33,34)17-21)15-20-14-30(28-27-20)13-19-7-2-4-8-22(19)26/h2-9,12,14,21H,10-11,13,15-17H2,1H3. The molecule has 1 aliphatic rings. The van der Waals surface area contributed by atoms with Crippen molar-refractivity contribution in [2.24, 2.45) is 0 Å². The third kappa shape index (κ3) is 5.71. The van der Waals surface area contributed by atoms with E-state index >= 15 is 0 Å². The molecule has 2 aromatic heterocycles. The molecule has 0 radical (unpaired) electrons. The second-order valence-electron chi connectivity index (χ2n) is 8.99. The van der Waals surface area contributed by atoms with Gasteiger partial charge in [0.2, 0.25) is 15.8 Å². The van der Waals surface area contributed by atoms with Gasteiger partial charge in [0.15, 0.2) is 0 Å². The van der Waals surface area contributed by atoms with Crippen molar-refractivity contribution in [3.05, 3.63) is 83.6 Å². The molecule has 1 atom stereocenters. The predicted molar refractivity (Wildman–Crippen MR) is 133 cm³/mol. The van der Waals surface area contributed by atoms with Crippen molar-refractivity contribution in [1.82, 2.24) is 24.2 Å². The molecule has 0 bridgehead atoms. The molecular formula is C25H26FN5O5S. The number of likely N-dealkylation sites (N-methyl/N-ethyl adjacent to an activating group) is 1. The smallest absolute Gasteiger partial charge is 0.374 e. The fraction of sp³-hybridized carbons (Fsp3) is 0.320. The fourth-order valence-electron chi connectivity index (χ4n) is 4.27. The van der Waals surface area contributed by atoms with Gasteiger partial charge in [-0.3, -0.25) is 4.90 Å². The Kier molecular flexibility index (Phi) is 7.04. The van der Waals surface area contributed by atoms with Crippen LogP contribution in [0.25, 0.3) is 11.0 Å². The summed E-state index contributed by atoms with van der Waals surface area (Å²) in [5, 5.41) is 8.88. The largest absolute Gasteiger partial charge is 0.458 e. The first-order valence-corrected chi connectivity index (χ1v) is 13.4. The Balaban J connectivity index is 1.13. The molecule has 2 aromatic carbocycles. The molecule has 194 valence electrons. The first kappa shape index (κ1) is 25.1. The third-order valence-electron chi connectivity index (χ3n) is 6.35. The van der Waals surface area contributed by atoms with Crippen LogP contribution in [0.4, 0.5) is 4.39 Å². The van der Waals surface area contributed by atoms with Gasteiger partial charge >= 0.3 is 5.97 Å². The van der Waals surface area contributed by atoms with Crippen LogP contribution in [-0.4, -0.2) is 77.1 Å². The number of hydrogen-bond donors (Lipinski definition) is 0. The number of hydrogen-bond acceptors (Lipinski definition) is 8. The summed E-state index contributed by atoms with van der Waals surface area (Å²) >= 11 is 0. The quantitative estimate of drug-likeness (QED) is 0.306. The molecule has 5 rings (SSSR count). The van der Waals surface area contributed by atoms with E-state index in [1.807, 2.05) is 23.1 Å². The van der Waals surface area contributed by atoms with Crippen LogP contribution >= 0.6 is 0 Å². The lowest BCUT2D eigenvalue weighted by molar-refractivity contribution is 0.0425. The van der Waals surface area contributed by atoms with Crippen molar-refractivity contribution < 1.29 is 26.8 Å². The molecule has 1 unspecified atom stereocenters. The molecule has 3 heterocycles. The Labute approximate surface area is 213 Å². The minimum atomic E-state index is -3.50. The van der Waals surface area contributed by atoms with Crippen molar-refractivity contribution in [2.75, 3.05) is 32.5 Å². The summed E-state index contributed by atoms with van der Waals surface area (Å²) in [6, 6.07) is 15.0. The van der Waals surface area contributed by atoms with Gasteiger partial charge in [-0.1, -0.05) is 41.6 Å². The van der Waals surface area contributed by atoms with E-state index < -0.39 is 16.0 Å². The molecule has 12 heteroatoms. The van der Waals surface area contributed by atoms with Crippen LogP contribution in [0, 0.1) is 5.82 Å². The lowest BCUT2D eigenvalue weighted by atomic mass is 10.2. The molecular weight excluding hydrogens is 501 g/mol. The molecule has 0 saturated carbocycles. The van der Waals surface area contributed by atoms with Gasteiger partial charge < -0.3 is 9.15 Å². The van der Waals surface area contributed by atoms with Crippen molar-refractivity contribution in [1.29, 1.82) is 0 Å². The van der Waals surface area contributed by atoms with E-state index in [0.29, 0.717) is 23.4 Å². The fourth-order valence-corrected chi connectivity index (χ4v) is 6.05. The van der Waals surface area contributed by atoms with Gasteiger partial charge in [-0.15, -0.1) is 5.10 Å². The Morgan fingerprint density at radius 3 is 2.78 bits per heavy atom. The van der Waals surface area contributed by atoms with Gasteiger partial charge in [-0.2, -0.15) is 4.31 Å². The summed E-state index contributed by atoms with van der Waals surface area (Å²) in [6.45, 7) is 0.998. The maximum Gasteiger partial charge on any atom is 0.374 e. The number of nitrogens with zero attached hydrogens (tertiary/aromatic N) is 5. The van der Waals surface area contributed by atoms with E-state index in [9.17, 15) is 17.6 Å². The maximum atomic E-state index is 13.9. The molecule has 0 spiro atoms. The first-order valence-electron chi connectivity index (χ1n) is 11.7. The Hall–Kier alpha value is -3.61. The number of carbonyl (C=O) groups excluding carboxylic acids is 1. The lowest BCUT2D eigenvalue weighted by Crippen LogP contribution is -2.38. The highest BCUT2D eigenvalue weighted by Crippen LogP contribution is 2.21. The van der Waals surface area contributed by atoms with Crippen LogP contribution in [0.2, 0.25) is 0 Å². The molecule has 1 fully saturated rings. The number of carbonyl (C=O) groups is 1. The highest BCUT2D eigenvalue weighted by Gasteiger charge is 2.38. The number of benzene rings is 2. The number of furan rings is 1. The summed E-state index contributed by atoms with van der Waals surface area (Å²) in [4.78, 5) is 14.2. The molecule has 0 aliphatic carbocycles. The highest BCUT2D eigenvalue weighted by atomic mass is 32.2. The number of aromatic nitrogens is 3. The summed E-state index contributed by atoms with van der Waals surface area (Å²) in [7, 11) is -1.71.